The number of fused-ring (bicyclic) bond motifs is 1. The van der Waals surface area contributed by atoms with E-state index in [1.807, 2.05) is 26.8 Å². The summed E-state index contributed by atoms with van der Waals surface area (Å²) in [4.78, 5) is 0. The van der Waals surface area contributed by atoms with Crippen LogP contribution in [0.15, 0.2) is 12.1 Å². The van der Waals surface area contributed by atoms with Crippen LogP contribution in [-0.2, 0) is 6.42 Å². The van der Waals surface area contributed by atoms with Crippen molar-refractivity contribution in [2.24, 2.45) is 0 Å². The van der Waals surface area contributed by atoms with E-state index in [-0.39, 0.29) is 12.7 Å². The lowest BCUT2D eigenvalue weighted by atomic mass is 10.1. The third-order valence-electron chi connectivity index (χ3n) is 2.27. The highest BCUT2D eigenvalue weighted by Gasteiger charge is 2.24. The number of aryl methyl sites for hydroxylation is 1. The summed E-state index contributed by atoms with van der Waals surface area (Å²) in [5.41, 5.74) is 8.70. The second kappa shape index (κ2) is 5.03. The van der Waals surface area contributed by atoms with Gasteiger partial charge >= 0.3 is 0 Å². The van der Waals surface area contributed by atoms with Crippen LogP contribution in [0.5, 0.6) is 5.75 Å². The van der Waals surface area contributed by atoms with Crippen molar-refractivity contribution in [3.63, 3.8) is 0 Å². The highest BCUT2D eigenvalue weighted by molar-refractivity contribution is 5.60. The number of aliphatic hydroxyl groups is 1. The first-order valence-electron chi connectivity index (χ1n) is 5.37. The maximum absolute atomic E-state index is 8.93. The quantitative estimate of drug-likeness (QED) is 0.694. The van der Waals surface area contributed by atoms with Gasteiger partial charge < -0.3 is 15.6 Å². The van der Waals surface area contributed by atoms with Crippen LogP contribution >= 0.6 is 0 Å². The molecule has 0 aliphatic carbocycles. The molecule has 1 unspecified atom stereocenters. The third kappa shape index (κ3) is 2.42. The molecule has 1 aliphatic rings. The van der Waals surface area contributed by atoms with E-state index >= 15 is 0 Å². The van der Waals surface area contributed by atoms with Crippen LogP contribution < -0.4 is 10.5 Å². The van der Waals surface area contributed by atoms with Gasteiger partial charge in [-0.3, -0.25) is 0 Å². The van der Waals surface area contributed by atoms with Gasteiger partial charge in [-0.15, -0.1) is 0 Å². The third-order valence-corrected chi connectivity index (χ3v) is 2.27. The van der Waals surface area contributed by atoms with Crippen LogP contribution in [0.4, 0.5) is 5.69 Å². The topological polar surface area (TPSA) is 55.5 Å². The summed E-state index contributed by atoms with van der Waals surface area (Å²) in [6.45, 7) is 6.05. The number of rotatable bonds is 1. The summed E-state index contributed by atoms with van der Waals surface area (Å²) in [5.74, 6) is 0.754. The Hall–Kier alpha value is -1.22. The molecule has 3 heteroatoms. The molecule has 3 N–H and O–H groups in total. The molecule has 1 aromatic rings. The van der Waals surface area contributed by atoms with Crippen molar-refractivity contribution in [3.05, 3.63) is 23.3 Å². The molecular formula is C12H19NO2. The maximum Gasteiger partial charge on any atom is 0.146 e. The zero-order chi connectivity index (χ0) is 11.4. The number of ether oxygens (including phenoxy) is 1. The van der Waals surface area contributed by atoms with Crippen LogP contribution in [0, 0.1) is 6.92 Å². The molecule has 0 saturated heterocycles. The summed E-state index contributed by atoms with van der Waals surface area (Å²) in [5, 5.41) is 8.93. The normalized spacial score (nSPS) is 17.5. The standard InChI is InChI=1S/C10H13NO2.C2H6/c1-6-2-7-4-8(5-12)13-10(7)9(11)3-6;1-2/h2-3,8,12H,4-5,11H2,1H3;1-2H3. The lowest BCUT2D eigenvalue weighted by molar-refractivity contribution is 0.135. The highest BCUT2D eigenvalue weighted by Crippen LogP contribution is 2.35. The average Bonchev–Trinajstić information content (AvgIpc) is 2.64. The number of nitrogens with two attached hydrogens (primary N) is 1. The minimum Gasteiger partial charge on any atom is -0.485 e. The van der Waals surface area contributed by atoms with Crippen molar-refractivity contribution < 1.29 is 9.84 Å². The van der Waals surface area contributed by atoms with Crippen molar-refractivity contribution in [3.8, 4) is 5.75 Å². The van der Waals surface area contributed by atoms with E-state index in [1.165, 1.54) is 0 Å². The predicted octanol–water partition coefficient (Wildman–Crippen LogP) is 1.90. The van der Waals surface area contributed by atoms with E-state index in [0.29, 0.717) is 5.69 Å². The zero-order valence-electron chi connectivity index (χ0n) is 9.58. The first kappa shape index (κ1) is 11.9. The SMILES string of the molecule is CC.Cc1cc(N)c2c(c1)CC(CO)O2. The number of hydrogen-bond acceptors (Lipinski definition) is 3. The predicted molar refractivity (Wildman–Crippen MR) is 62.1 cm³/mol. The Morgan fingerprint density at radius 3 is 2.73 bits per heavy atom. The fourth-order valence-corrected chi connectivity index (χ4v) is 1.73. The van der Waals surface area contributed by atoms with Crippen LogP contribution in [-0.4, -0.2) is 17.8 Å². The highest BCUT2D eigenvalue weighted by atomic mass is 16.5. The van der Waals surface area contributed by atoms with Crippen LogP contribution in [0.3, 0.4) is 0 Å². The van der Waals surface area contributed by atoms with Gasteiger partial charge in [-0.05, 0) is 18.6 Å². The molecule has 0 saturated carbocycles. The van der Waals surface area contributed by atoms with E-state index in [4.69, 9.17) is 15.6 Å². The fourth-order valence-electron chi connectivity index (χ4n) is 1.73. The largest absolute Gasteiger partial charge is 0.485 e. The Bertz CT molecular complexity index is 337. The van der Waals surface area contributed by atoms with Crippen LogP contribution in [0.1, 0.15) is 25.0 Å². The molecular weight excluding hydrogens is 190 g/mol. The van der Waals surface area contributed by atoms with Crippen LogP contribution in [0.2, 0.25) is 0 Å². The maximum atomic E-state index is 8.93. The molecule has 0 amide bonds. The second-order valence-corrected chi connectivity index (χ2v) is 3.47. The van der Waals surface area contributed by atoms with Gasteiger partial charge in [-0.1, -0.05) is 19.9 Å². The monoisotopic (exact) mass is 209 g/mol. The minimum absolute atomic E-state index is 0.0488. The van der Waals surface area contributed by atoms with Crippen LogP contribution in [0.25, 0.3) is 0 Å². The van der Waals surface area contributed by atoms with Gasteiger partial charge in [0.05, 0.1) is 12.3 Å². The summed E-state index contributed by atoms with van der Waals surface area (Å²) >= 11 is 0. The summed E-state index contributed by atoms with van der Waals surface area (Å²) in [6.07, 6.45) is 0.650. The molecule has 1 atom stereocenters. The van der Waals surface area contributed by atoms with E-state index < -0.39 is 0 Å². The Balaban J connectivity index is 0.000000531. The molecule has 84 valence electrons. The first-order valence-corrected chi connectivity index (χ1v) is 5.37. The molecule has 0 radical (unpaired) electrons. The summed E-state index contributed by atoms with van der Waals surface area (Å²) < 4.78 is 5.47. The smallest absolute Gasteiger partial charge is 0.146 e. The van der Waals surface area contributed by atoms with Gasteiger partial charge in [-0.25, -0.2) is 0 Å². The number of nitrogen functional groups attached to an aromatic ring is 1. The molecule has 0 bridgehead atoms. The Labute approximate surface area is 90.9 Å². The Morgan fingerprint density at radius 2 is 2.13 bits per heavy atom. The zero-order valence-corrected chi connectivity index (χ0v) is 9.58. The van der Waals surface area contributed by atoms with E-state index in [0.717, 1.165) is 23.3 Å². The van der Waals surface area contributed by atoms with E-state index in [1.54, 1.807) is 0 Å². The van der Waals surface area contributed by atoms with Gasteiger partial charge in [0.1, 0.15) is 11.9 Å². The second-order valence-electron chi connectivity index (χ2n) is 3.47. The molecule has 1 heterocycles. The van der Waals surface area contributed by atoms with Gasteiger partial charge in [0.25, 0.3) is 0 Å². The number of aliphatic hydroxyl groups excluding tert-OH is 1. The lowest BCUT2D eigenvalue weighted by Gasteiger charge is -2.07. The van der Waals surface area contributed by atoms with Crippen molar-refractivity contribution in [2.75, 3.05) is 12.3 Å². The molecule has 15 heavy (non-hydrogen) atoms. The molecule has 0 spiro atoms. The molecule has 0 fully saturated rings. The molecule has 0 aromatic heterocycles. The lowest BCUT2D eigenvalue weighted by Crippen LogP contribution is -2.17. The van der Waals surface area contributed by atoms with Gasteiger partial charge in [0.15, 0.2) is 0 Å². The number of anilines is 1. The van der Waals surface area contributed by atoms with Crippen molar-refractivity contribution in [2.45, 2.75) is 33.3 Å². The fraction of sp³-hybridized carbons (Fsp3) is 0.500. The van der Waals surface area contributed by atoms with Gasteiger partial charge in [-0.2, -0.15) is 0 Å². The molecule has 1 aliphatic heterocycles. The number of benzene rings is 1. The Kier molecular flexibility index (Phi) is 3.97. The van der Waals surface area contributed by atoms with E-state index in [9.17, 15) is 0 Å². The Morgan fingerprint density at radius 1 is 1.47 bits per heavy atom. The molecule has 1 aromatic carbocycles. The van der Waals surface area contributed by atoms with E-state index in [2.05, 4.69) is 6.07 Å². The van der Waals surface area contributed by atoms with Gasteiger partial charge in [0.2, 0.25) is 0 Å². The first-order chi connectivity index (χ1) is 7.20. The molecule has 3 nitrogen and oxygen atoms in total. The van der Waals surface area contributed by atoms with Crippen molar-refractivity contribution in [1.29, 1.82) is 0 Å². The van der Waals surface area contributed by atoms with Gasteiger partial charge in [0, 0.05) is 12.0 Å². The summed E-state index contributed by atoms with van der Waals surface area (Å²) in [7, 11) is 0. The summed E-state index contributed by atoms with van der Waals surface area (Å²) in [6, 6.07) is 3.94. The number of hydrogen-bond donors (Lipinski definition) is 2. The van der Waals surface area contributed by atoms with Crippen molar-refractivity contribution in [1.82, 2.24) is 0 Å². The molecule has 2 rings (SSSR count). The van der Waals surface area contributed by atoms with Crippen molar-refractivity contribution >= 4 is 5.69 Å². The average molecular weight is 209 g/mol. The minimum atomic E-state index is -0.112.